The lowest BCUT2D eigenvalue weighted by atomic mass is 10.0. The Morgan fingerprint density at radius 1 is 1.27 bits per heavy atom. The van der Waals surface area contributed by atoms with E-state index in [0.29, 0.717) is 24.6 Å². The fraction of sp³-hybridized carbons (Fsp3) is 0.375. The van der Waals surface area contributed by atoms with E-state index in [4.69, 9.17) is 4.74 Å². The van der Waals surface area contributed by atoms with Gasteiger partial charge in [-0.25, -0.2) is 0 Å². The Kier molecular flexibility index (Phi) is 6.12. The van der Waals surface area contributed by atoms with Crippen molar-refractivity contribution in [2.24, 2.45) is 0 Å². The maximum atomic E-state index is 12.6. The molecular formula is C24H28N4O2. The summed E-state index contributed by atoms with van der Waals surface area (Å²) in [4.78, 5) is 18.5. The van der Waals surface area contributed by atoms with Gasteiger partial charge in [0.15, 0.2) is 0 Å². The Morgan fingerprint density at radius 2 is 2.10 bits per heavy atom. The van der Waals surface area contributed by atoms with Crippen molar-refractivity contribution >= 4 is 5.91 Å². The van der Waals surface area contributed by atoms with E-state index >= 15 is 0 Å². The van der Waals surface area contributed by atoms with Gasteiger partial charge in [-0.2, -0.15) is 5.10 Å². The van der Waals surface area contributed by atoms with E-state index in [1.54, 1.807) is 18.5 Å². The van der Waals surface area contributed by atoms with Gasteiger partial charge in [0.05, 0.1) is 17.9 Å². The van der Waals surface area contributed by atoms with Gasteiger partial charge in [-0.15, -0.1) is 0 Å². The summed E-state index contributed by atoms with van der Waals surface area (Å²) in [6.45, 7) is 6.40. The second-order valence-electron chi connectivity index (χ2n) is 8.12. The molecule has 1 N–H and O–H groups in total. The lowest BCUT2D eigenvalue weighted by molar-refractivity contribution is 0.0790. The number of carbonyl (C=O) groups excluding carboxylic acids is 1. The fourth-order valence-corrected chi connectivity index (χ4v) is 3.80. The van der Waals surface area contributed by atoms with Crippen molar-refractivity contribution in [1.29, 1.82) is 0 Å². The zero-order valence-corrected chi connectivity index (χ0v) is 17.5. The quantitative estimate of drug-likeness (QED) is 0.641. The summed E-state index contributed by atoms with van der Waals surface area (Å²) < 4.78 is 5.87. The fourth-order valence-electron chi connectivity index (χ4n) is 3.80. The number of H-pyrrole nitrogens is 1. The van der Waals surface area contributed by atoms with E-state index in [1.165, 1.54) is 5.56 Å². The topological polar surface area (TPSA) is 71.1 Å². The van der Waals surface area contributed by atoms with Gasteiger partial charge in [0.1, 0.15) is 5.75 Å². The SMILES string of the molecule is CC(C)c1ccc(OCCc2cc(C3CCN(C(=O)c4cccnc4)C3)n[nH]2)cc1. The maximum Gasteiger partial charge on any atom is 0.255 e. The number of aromatic nitrogens is 3. The lowest BCUT2D eigenvalue weighted by Gasteiger charge is -2.15. The minimum Gasteiger partial charge on any atom is -0.493 e. The Hall–Kier alpha value is -3.15. The average Bonchev–Trinajstić information content (AvgIpc) is 3.44. The third-order valence-corrected chi connectivity index (χ3v) is 5.64. The molecule has 1 amide bonds. The molecule has 1 atom stereocenters. The second kappa shape index (κ2) is 9.11. The highest BCUT2D eigenvalue weighted by Gasteiger charge is 2.29. The standard InChI is InChI=1S/C24H28N4O2/c1-17(2)18-5-7-22(8-6-18)30-13-10-21-14-23(27-26-21)20-9-12-28(16-20)24(29)19-4-3-11-25-15-19/h3-8,11,14-15,17,20H,9-10,12-13,16H2,1-2H3,(H,26,27). The largest absolute Gasteiger partial charge is 0.493 e. The molecule has 1 aliphatic rings. The monoisotopic (exact) mass is 404 g/mol. The number of nitrogens with zero attached hydrogens (tertiary/aromatic N) is 3. The number of rotatable bonds is 7. The van der Waals surface area contributed by atoms with Gasteiger partial charge in [0, 0.05) is 43.5 Å². The number of carbonyl (C=O) groups is 1. The number of ether oxygens (including phenoxy) is 1. The zero-order chi connectivity index (χ0) is 20.9. The number of nitrogens with one attached hydrogen (secondary N) is 1. The number of aromatic amines is 1. The number of hydrogen-bond donors (Lipinski definition) is 1. The van der Waals surface area contributed by atoms with Crippen LogP contribution in [0.3, 0.4) is 0 Å². The number of amides is 1. The van der Waals surface area contributed by atoms with Crippen LogP contribution < -0.4 is 4.74 Å². The first-order chi connectivity index (χ1) is 14.6. The third-order valence-electron chi connectivity index (χ3n) is 5.64. The Bertz CT molecular complexity index is 966. The smallest absolute Gasteiger partial charge is 0.255 e. The highest BCUT2D eigenvalue weighted by Crippen LogP contribution is 2.27. The Labute approximate surface area is 177 Å². The first-order valence-electron chi connectivity index (χ1n) is 10.6. The summed E-state index contributed by atoms with van der Waals surface area (Å²) in [7, 11) is 0. The Morgan fingerprint density at radius 3 is 2.83 bits per heavy atom. The average molecular weight is 405 g/mol. The summed E-state index contributed by atoms with van der Waals surface area (Å²) in [5, 5.41) is 7.62. The van der Waals surface area contributed by atoms with Crippen molar-refractivity contribution in [2.45, 2.75) is 38.5 Å². The zero-order valence-electron chi connectivity index (χ0n) is 17.5. The van der Waals surface area contributed by atoms with Crippen LogP contribution in [0, 0.1) is 0 Å². The van der Waals surface area contributed by atoms with E-state index < -0.39 is 0 Å². The molecule has 0 spiro atoms. The molecule has 6 nitrogen and oxygen atoms in total. The van der Waals surface area contributed by atoms with Crippen molar-refractivity contribution in [3.8, 4) is 5.75 Å². The van der Waals surface area contributed by atoms with Crippen molar-refractivity contribution in [3.05, 3.63) is 77.4 Å². The lowest BCUT2D eigenvalue weighted by Crippen LogP contribution is -2.28. The second-order valence-corrected chi connectivity index (χ2v) is 8.12. The van der Waals surface area contributed by atoms with Crippen molar-refractivity contribution in [2.75, 3.05) is 19.7 Å². The molecule has 156 valence electrons. The predicted molar refractivity (Wildman–Crippen MR) is 116 cm³/mol. The van der Waals surface area contributed by atoms with Crippen LogP contribution in [0.15, 0.2) is 54.9 Å². The van der Waals surface area contributed by atoms with E-state index in [2.05, 4.69) is 47.2 Å². The number of likely N-dealkylation sites (tertiary alicyclic amines) is 1. The van der Waals surface area contributed by atoms with Gasteiger partial charge in [-0.05, 0) is 48.2 Å². The molecule has 4 rings (SSSR count). The van der Waals surface area contributed by atoms with Crippen LogP contribution in [0.5, 0.6) is 5.75 Å². The molecule has 3 heterocycles. The van der Waals surface area contributed by atoms with E-state index in [-0.39, 0.29) is 11.8 Å². The molecular weight excluding hydrogens is 376 g/mol. The molecule has 1 aliphatic heterocycles. The van der Waals surface area contributed by atoms with Crippen molar-refractivity contribution in [3.63, 3.8) is 0 Å². The molecule has 30 heavy (non-hydrogen) atoms. The van der Waals surface area contributed by atoms with Gasteiger partial charge in [0.25, 0.3) is 5.91 Å². The van der Waals surface area contributed by atoms with Gasteiger partial charge in [0.2, 0.25) is 0 Å². The normalized spacial score (nSPS) is 16.2. The van der Waals surface area contributed by atoms with E-state index in [9.17, 15) is 4.79 Å². The van der Waals surface area contributed by atoms with E-state index in [1.807, 2.05) is 23.1 Å². The molecule has 1 saturated heterocycles. The molecule has 1 unspecified atom stereocenters. The summed E-state index contributed by atoms with van der Waals surface area (Å²) in [5.41, 5.74) is 4.03. The molecule has 1 fully saturated rings. The molecule has 1 aromatic carbocycles. The molecule has 6 heteroatoms. The minimum absolute atomic E-state index is 0.0400. The first-order valence-corrected chi connectivity index (χ1v) is 10.6. The molecule has 0 bridgehead atoms. The van der Waals surface area contributed by atoms with Gasteiger partial charge >= 0.3 is 0 Å². The highest BCUT2D eigenvalue weighted by atomic mass is 16.5. The predicted octanol–water partition coefficient (Wildman–Crippen LogP) is 4.18. The Balaban J connectivity index is 1.27. The van der Waals surface area contributed by atoms with Crippen LogP contribution in [0.4, 0.5) is 0 Å². The van der Waals surface area contributed by atoms with Crippen LogP contribution in [0.2, 0.25) is 0 Å². The van der Waals surface area contributed by atoms with Crippen molar-refractivity contribution in [1.82, 2.24) is 20.1 Å². The minimum atomic E-state index is 0.0400. The third kappa shape index (κ3) is 4.70. The summed E-state index contributed by atoms with van der Waals surface area (Å²) >= 11 is 0. The first kappa shape index (κ1) is 20.1. The van der Waals surface area contributed by atoms with Gasteiger partial charge in [-0.3, -0.25) is 14.9 Å². The number of benzene rings is 1. The molecule has 0 aliphatic carbocycles. The van der Waals surface area contributed by atoms with Crippen LogP contribution >= 0.6 is 0 Å². The van der Waals surface area contributed by atoms with Crippen LogP contribution in [-0.4, -0.2) is 45.7 Å². The van der Waals surface area contributed by atoms with Crippen LogP contribution in [0.25, 0.3) is 0 Å². The number of pyridine rings is 1. The molecule has 0 saturated carbocycles. The summed E-state index contributed by atoms with van der Waals surface area (Å²) in [6, 6.07) is 14.0. The highest BCUT2D eigenvalue weighted by molar-refractivity contribution is 5.94. The van der Waals surface area contributed by atoms with Crippen molar-refractivity contribution < 1.29 is 9.53 Å². The van der Waals surface area contributed by atoms with Crippen LogP contribution in [0.1, 0.15) is 59.4 Å². The molecule has 2 aromatic heterocycles. The molecule has 0 radical (unpaired) electrons. The maximum absolute atomic E-state index is 12.6. The summed E-state index contributed by atoms with van der Waals surface area (Å²) in [6.07, 6.45) is 5.00. The van der Waals surface area contributed by atoms with Gasteiger partial charge < -0.3 is 9.64 Å². The van der Waals surface area contributed by atoms with Crippen LogP contribution in [-0.2, 0) is 6.42 Å². The summed E-state index contributed by atoms with van der Waals surface area (Å²) in [5.74, 6) is 1.71. The molecule has 3 aromatic rings. The van der Waals surface area contributed by atoms with E-state index in [0.717, 1.165) is 36.5 Å². The number of hydrogen-bond acceptors (Lipinski definition) is 4. The van der Waals surface area contributed by atoms with Gasteiger partial charge in [-0.1, -0.05) is 26.0 Å².